The van der Waals surface area contributed by atoms with E-state index >= 15 is 0 Å². The van der Waals surface area contributed by atoms with Crippen LogP contribution in [-0.4, -0.2) is 23.3 Å². The molecule has 2 aromatic carbocycles. The molecule has 0 saturated heterocycles. The molecule has 0 saturated carbocycles. The van der Waals surface area contributed by atoms with E-state index in [9.17, 15) is 19.7 Å². The molecular weight excluding hydrogens is 450 g/mol. The zero-order valence-corrected chi connectivity index (χ0v) is 18.6. The summed E-state index contributed by atoms with van der Waals surface area (Å²) < 4.78 is 0. The number of nitrogens with zero attached hydrogens (tertiary/aromatic N) is 1. The van der Waals surface area contributed by atoms with Crippen LogP contribution in [0.4, 0.5) is 10.7 Å². The lowest BCUT2D eigenvalue weighted by Crippen LogP contribution is -2.27. The maximum Gasteiger partial charge on any atom is 0.288 e. The monoisotopic (exact) mass is 469 g/mol. The third kappa shape index (κ3) is 4.66. The molecule has 4 rings (SSSR count). The minimum absolute atomic E-state index is 0.0415. The van der Waals surface area contributed by atoms with Gasteiger partial charge in [-0.15, -0.1) is 11.3 Å². The van der Waals surface area contributed by atoms with Gasteiger partial charge in [-0.05, 0) is 48.9 Å². The number of hydrogen-bond donors (Lipinski definition) is 2. The van der Waals surface area contributed by atoms with Gasteiger partial charge in [-0.25, -0.2) is 0 Å². The van der Waals surface area contributed by atoms with E-state index in [4.69, 9.17) is 11.6 Å². The average Bonchev–Trinajstić information content (AvgIpc) is 3.35. The Bertz CT molecular complexity index is 1190. The molecule has 0 bridgehead atoms. The smallest absolute Gasteiger partial charge is 0.288 e. The van der Waals surface area contributed by atoms with Crippen LogP contribution in [0.15, 0.2) is 48.5 Å². The highest BCUT2D eigenvalue weighted by Crippen LogP contribution is 2.39. The second kappa shape index (κ2) is 9.50. The molecule has 0 fully saturated rings. The number of thiophene rings is 1. The summed E-state index contributed by atoms with van der Waals surface area (Å²) in [4.78, 5) is 37.4. The van der Waals surface area contributed by atoms with Crippen LogP contribution in [0.5, 0.6) is 0 Å². The molecule has 2 N–H and O–H groups in total. The minimum atomic E-state index is -0.635. The summed E-state index contributed by atoms with van der Waals surface area (Å²) >= 11 is 7.23. The largest absolute Gasteiger partial charge is 0.352 e. The van der Waals surface area contributed by atoms with E-state index in [0.717, 1.165) is 41.3 Å². The van der Waals surface area contributed by atoms with Crippen LogP contribution in [0.2, 0.25) is 5.02 Å². The van der Waals surface area contributed by atoms with E-state index in [-0.39, 0.29) is 22.2 Å². The fraction of sp³-hybridized carbons (Fsp3) is 0.217. The molecule has 0 aliphatic heterocycles. The standard InChI is InChI=1S/C23H20ClN3O4S/c24-17-10-9-15(13-18(17)27(30)31)21(28)26-23-20(16-7-4-8-19(16)32-23)22(29)25-12-11-14-5-2-1-3-6-14/h1-3,5-6,9-10,13H,4,7-8,11-12H2,(H,25,29)(H,26,28). The van der Waals surface area contributed by atoms with Crippen molar-refractivity contribution in [1.29, 1.82) is 0 Å². The second-order valence-electron chi connectivity index (χ2n) is 7.43. The van der Waals surface area contributed by atoms with Gasteiger partial charge >= 0.3 is 0 Å². The molecule has 1 aliphatic rings. The number of carbonyl (C=O) groups excluding carboxylic acids is 2. The average molecular weight is 470 g/mol. The van der Waals surface area contributed by atoms with Crippen molar-refractivity contribution in [3.63, 3.8) is 0 Å². The zero-order chi connectivity index (χ0) is 22.7. The van der Waals surface area contributed by atoms with Crippen LogP contribution >= 0.6 is 22.9 Å². The molecule has 0 spiro atoms. The molecule has 1 aliphatic carbocycles. The van der Waals surface area contributed by atoms with Crippen molar-refractivity contribution < 1.29 is 14.5 Å². The molecule has 9 heteroatoms. The first-order valence-corrected chi connectivity index (χ1v) is 11.4. The van der Waals surface area contributed by atoms with Gasteiger partial charge in [-0.2, -0.15) is 0 Å². The number of hydrogen-bond acceptors (Lipinski definition) is 5. The maximum absolute atomic E-state index is 13.0. The summed E-state index contributed by atoms with van der Waals surface area (Å²) in [5, 5.41) is 17.3. The number of fused-ring (bicyclic) bond motifs is 1. The number of carbonyl (C=O) groups is 2. The van der Waals surface area contributed by atoms with Crippen molar-refractivity contribution in [1.82, 2.24) is 5.32 Å². The molecule has 7 nitrogen and oxygen atoms in total. The molecule has 32 heavy (non-hydrogen) atoms. The summed E-state index contributed by atoms with van der Waals surface area (Å²) in [7, 11) is 0. The van der Waals surface area contributed by atoms with E-state index in [1.165, 1.54) is 23.5 Å². The Hall–Kier alpha value is -3.23. The number of nitrogens with one attached hydrogen (secondary N) is 2. The van der Waals surface area contributed by atoms with Gasteiger partial charge < -0.3 is 10.6 Å². The van der Waals surface area contributed by atoms with E-state index in [2.05, 4.69) is 10.6 Å². The van der Waals surface area contributed by atoms with Crippen LogP contribution < -0.4 is 10.6 Å². The fourth-order valence-corrected chi connectivity index (χ4v) is 5.22. The number of amides is 2. The predicted octanol–water partition coefficient (Wildman–Crippen LogP) is 5.02. The summed E-state index contributed by atoms with van der Waals surface area (Å²) in [6.45, 7) is 0.476. The summed E-state index contributed by atoms with van der Waals surface area (Å²) in [5.41, 5.74) is 2.36. The van der Waals surface area contributed by atoms with Crippen LogP contribution in [0.3, 0.4) is 0 Å². The highest BCUT2D eigenvalue weighted by molar-refractivity contribution is 7.17. The van der Waals surface area contributed by atoms with Crippen molar-refractivity contribution in [3.05, 3.63) is 90.8 Å². The predicted molar refractivity (Wildman–Crippen MR) is 125 cm³/mol. The van der Waals surface area contributed by atoms with Crippen LogP contribution in [0.1, 0.15) is 43.1 Å². The quantitative estimate of drug-likeness (QED) is 0.374. The topological polar surface area (TPSA) is 101 Å². The van der Waals surface area contributed by atoms with Crippen molar-refractivity contribution in [2.24, 2.45) is 0 Å². The van der Waals surface area contributed by atoms with Crippen molar-refractivity contribution in [2.75, 3.05) is 11.9 Å². The Labute approximate surface area is 193 Å². The fourth-order valence-electron chi connectivity index (χ4n) is 3.76. The summed E-state index contributed by atoms with van der Waals surface area (Å²) in [6, 6.07) is 13.7. The van der Waals surface area contributed by atoms with Crippen molar-refractivity contribution in [3.8, 4) is 0 Å². The van der Waals surface area contributed by atoms with E-state index in [1.54, 1.807) is 0 Å². The third-order valence-electron chi connectivity index (χ3n) is 5.32. The number of halogens is 1. The molecular formula is C23H20ClN3O4S. The number of nitro groups is 1. The zero-order valence-electron chi connectivity index (χ0n) is 17.0. The Balaban J connectivity index is 1.52. The molecule has 0 radical (unpaired) electrons. The van der Waals surface area contributed by atoms with Crippen LogP contribution in [0, 0.1) is 10.1 Å². The Morgan fingerprint density at radius 3 is 2.62 bits per heavy atom. The lowest BCUT2D eigenvalue weighted by Gasteiger charge is -2.10. The molecule has 0 atom stereocenters. The van der Waals surface area contributed by atoms with Crippen LogP contribution in [-0.2, 0) is 19.3 Å². The highest BCUT2D eigenvalue weighted by Gasteiger charge is 2.28. The summed E-state index contributed by atoms with van der Waals surface area (Å²) in [6.07, 6.45) is 3.33. The highest BCUT2D eigenvalue weighted by atomic mass is 35.5. The van der Waals surface area contributed by atoms with Gasteiger partial charge in [0.25, 0.3) is 17.5 Å². The Morgan fingerprint density at radius 1 is 1.09 bits per heavy atom. The minimum Gasteiger partial charge on any atom is -0.352 e. The van der Waals surface area contributed by atoms with Gasteiger partial charge in [0, 0.05) is 23.1 Å². The lowest BCUT2D eigenvalue weighted by molar-refractivity contribution is -0.384. The van der Waals surface area contributed by atoms with Crippen molar-refractivity contribution >= 4 is 45.4 Å². The first kappa shape index (κ1) is 22.0. The first-order valence-electron chi connectivity index (χ1n) is 10.2. The van der Waals surface area contributed by atoms with Crippen LogP contribution in [0.25, 0.3) is 0 Å². The molecule has 1 aromatic heterocycles. The number of benzene rings is 2. The normalized spacial score (nSPS) is 12.3. The lowest BCUT2D eigenvalue weighted by atomic mass is 10.1. The molecule has 3 aromatic rings. The molecule has 0 unspecified atom stereocenters. The molecule has 164 valence electrons. The van der Waals surface area contributed by atoms with E-state index in [0.29, 0.717) is 23.5 Å². The Kier molecular flexibility index (Phi) is 6.53. The number of anilines is 1. The van der Waals surface area contributed by atoms with E-state index in [1.807, 2.05) is 30.3 Å². The van der Waals surface area contributed by atoms with E-state index < -0.39 is 10.8 Å². The summed E-state index contributed by atoms with van der Waals surface area (Å²) in [5.74, 6) is -0.749. The third-order valence-corrected chi connectivity index (χ3v) is 6.85. The second-order valence-corrected chi connectivity index (χ2v) is 8.94. The number of rotatable bonds is 7. The number of aryl methyl sites for hydroxylation is 1. The van der Waals surface area contributed by atoms with Gasteiger partial charge in [0.15, 0.2) is 0 Å². The number of nitro benzene ring substituents is 1. The molecule has 2 amide bonds. The van der Waals surface area contributed by atoms with Gasteiger partial charge in [-0.3, -0.25) is 19.7 Å². The van der Waals surface area contributed by atoms with Crippen molar-refractivity contribution in [2.45, 2.75) is 25.7 Å². The maximum atomic E-state index is 13.0. The SMILES string of the molecule is O=C(Nc1sc2c(c1C(=O)NCCc1ccccc1)CCC2)c1ccc(Cl)c([N+](=O)[O-])c1. The Morgan fingerprint density at radius 2 is 1.88 bits per heavy atom. The van der Waals surface area contributed by atoms with Gasteiger partial charge in [0.05, 0.1) is 10.5 Å². The first-order chi connectivity index (χ1) is 15.4. The molecule has 1 heterocycles. The van der Waals surface area contributed by atoms with Gasteiger partial charge in [-0.1, -0.05) is 41.9 Å². The van der Waals surface area contributed by atoms with Gasteiger partial charge in [0.2, 0.25) is 0 Å². The van der Waals surface area contributed by atoms with Gasteiger partial charge in [0.1, 0.15) is 10.0 Å².